The molecule has 2 saturated carbocycles. The Kier molecular flexibility index (Phi) is 1.86. The third kappa shape index (κ3) is 1.12. The summed E-state index contributed by atoms with van der Waals surface area (Å²) >= 11 is 0. The highest BCUT2D eigenvalue weighted by Gasteiger charge is 2.50. The van der Waals surface area contributed by atoms with E-state index in [2.05, 4.69) is 5.32 Å². The fourth-order valence-corrected chi connectivity index (χ4v) is 3.59. The molecule has 1 spiro atoms. The zero-order valence-corrected chi connectivity index (χ0v) is 8.72. The van der Waals surface area contributed by atoms with Crippen LogP contribution in [0.3, 0.4) is 0 Å². The van der Waals surface area contributed by atoms with Crippen molar-refractivity contribution in [1.82, 2.24) is 5.32 Å². The van der Waals surface area contributed by atoms with E-state index in [1.54, 1.807) is 0 Å². The molecule has 3 aliphatic rings. The molecule has 1 heterocycles. The van der Waals surface area contributed by atoms with E-state index in [9.17, 15) is 4.79 Å². The predicted molar refractivity (Wildman–Crippen MR) is 54.8 cm³/mol. The molecule has 0 aromatic carbocycles. The van der Waals surface area contributed by atoms with E-state index >= 15 is 0 Å². The number of hydrogen-bond donors (Lipinski definition) is 1. The number of nitrogens with one attached hydrogen (secondary N) is 1. The molecule has 0 radical (unpaired) electrons. The third-order valence-electron chi connectivity index (χ3n) is 4.67. The number of piperidine rings is 1. The molecule has 2 atom stereocenters. The van der Waals surface area contributed by atoms with Gasteiger partial charge in [-0.25, -0.2) is 0 Å². The van der Waals surface area contributed by atoms with Crippen LogP contribution in [0.1, 0.15) is 51.4 Å². The van der Waals surface area contributed by atoms with Crippen molar-refractivity contribution in [2.24, 2.45) is 11.3 Å². The van der Waals surface area contributed by atoms with Crippen molar-refractivity contribution in [3.05, 3.63) is 0 Å². The lowest BCUT2D eigenvalue weighted by Gasteiger charge is -2.50. The van der Waals surface area contributed by atoms with Crippen LogP contribution in [0.4, 0.5) is 0 Å². The number of fused-ring (bicyclic) bond motifs is 1. The van der Waals surface area contributed by atoms with E-state index in [1.165, 1.54) is 38.5 Å². The summed E-state index contributed by atoms with van der Waals surface area (Å²) in [4.78, 5) is 11.9. The first kappa shape index (κ1) is 8.75. The smallest absolute Gasteiger partial charge is 0.226 e. The molecular formula is C12H19NO. The molecule has 1 N–H and O–H groups in total. The van der Waals surface area contributed by atoms with Crippen molar-refractivity contribution in [1.29, 1.82) is 0 Å². The summed E-state index contributed by atoms with van der Waals surface area (Å²) in [6, 6.07) is 0.530. The molecule has 14 heavy (non-hydrogen) atoms. The molecular weight excluding hydrogens is 174 g/mol. The summed E-state index contributed by atoms with van der Waals surface area (Å²) in [5.74, 6) is 1.19. The molecule has 0 bridgehead atoms. The Balaban J connectivity index is 1.78. The molecule has 0 unspecified atom stereocenters. The van der Waals surface area contributed by atoms with Crippen molar-refractivity contribution in [2.45, 2.75) is 57.4 Å². The zero-order chi connectivity index (χ0) is 9.60. The van der Waals surface area contributed by atoms with Gasteiger partial charge in [0.05, 0.1) is 0 Å². The molecule has 0 aromatic heterocycles. The van der Waals surface area contributed by atoms with Gasteiger partial charge in [0.2, 0.25) is 5.91 Å². The highest BCUT2D eigenvalue weighted by Crippen LogP contribution is 2.50. The first-order valence-electron chi connectivity index (χ1n) is 6.11. The molecule has 1 aliphatic heterocycles. The third-order valence-corrected chi connectivity index (χ3v) is 4.67. The predicted octanol–water partition coefficient (Wildman–Crippen LogP) is 2.24. The van der Waals surface area contributed by atoms with Crippen LogP contribution in [0.2, 0.25) is 0 Å². The van der Waals surface area contributed by atoms with Gasteiger partial charge in [-0.15, -0.1) is 0 Å². The number of carbonyl (C=O) groups is 1. The largest absolute Gasteiger partial charge is 0.353 e. The average molecular weight is 193 g/mol. The second-order valence-electron chi connectivity index (χ2n) is 5.46. The Bertz CT molecular complexity index is 257. The monoisotopic (exact) mass is 193 g/mol. The second-order valence-corrected chi connectivity index (χ2v) is 5.46. The van der Waals surface area contributed by atoms with E-state index in [0.717, 1.165) is 18.8 Å². The van der Waals surface area contributed by atoms with Crippen molar-refractivity contribution in [3.8, 4) is 0 Å². The molecule has 3 rings (SSSR count). The van der Waals surface area contributed by atoms with Crippen LogP contribution < -0.4 is 5.32 Å². The Morgan fingerprint density at radius 1 is 1.14 bits per heavy atom. The topological polar surface area (TPSA) is 29.1 Å². The molecule has 2 nitrogen and oxygen atoms in total. The molecule has 1 amide bonds. The van der Waals surface area contributed by atoms with Crippen LogP contribution in [-0.2, 0) is 4.79 Å². The van der Waals surface area contributed by atoms with Crippen LogP contribution in [0.15, 0.2) is 0 Å². The summed E-state index contributed by atoms with van der Waals surface area (Å²) in [5, 5.41) is 3.27. The van der Waals surface area contributed by atoms with E-state index in [1.807, 2.05) is 0 Å². The Labute approximate surface area is 85.4 Å². The van der Waals surface area contributed by atoms with Gasteiger partial charge in [-0.1, -0.05) is 19.3 Å². The molecule has 1 saturated heterocycles. The van der Waals surface area contributed by atoms with E-state index < -0.39 is 0 Å². The molecule has 78 valence electrons. The summed E-state index contributed by atoms with van der Waals surface area (Å²) in [6.45, 7) is 0. The summed E-state index contributed by atoms with van der Waals surface area (Å²) in [6.07, 6.45) is 10.1. The fourth-order valence-electron chi connectivity index (χ4n) is 3.59. The highest BCUT2D eigenvalue weighted by atomic mass is 16.2. The zero-order valence-electron chi connectivity index (χ0n) is 8.72. The lowest BCUT2D eigenvalue weighted by atomic mass is 9.59. The molecule has 3 fully saturated rings. The van der Waals surface area contributed by atoms with Gasteiger partial charge in [-0.05, 0) is 38.0 Å². The number of rotatable bonds is 0. The van der Waals surface area contributed by atoms with Gasteiger partial charge in [0.15, 0.2) is 0 Å². The fraction of sp³-hybridized carbons (Fsp3) is 0.917. The molecule has 2 aliphatic carbocycles. The van der Waals surface area contributed by atoms with E-state index in [-0.39, 0.29) is 5.41 Å². The standard InChI is InChI=1S/C12H19NO/c14-11-12(6-3-7-12)8-9-4-1-2-5-10(9)13-11/h9-10H,1-8H2,(H,13,14)/t9-,10-/m1/s1. The van der Waals surface area contributed by atoms with Crippen molar-refractivity contribution in [3.63, 3.8) is 0 Å². The van der Waals surface area contributed by atoms with E-state index in [0.29, 0.717) is 11.9 Å². The average Bonchev–Trinajstić information content (AvgIpc) is 2.14. The SMILES string of the molecule is O=C1N[C@@H]2CCCC[C@@H]2CC12CCC2. The van der Waals surface area contributed by atoms with Gasteiger partial charge in [0.1, 0.15) is 0 Å². The van der Waals surface area contributed by atoms with Crippen LogP contribution in [0, 0.1) is 11.3 Å². The first-order chi connectivity index (χ1) is 6.80. The minimum atomic E-state index is 0.0957. The van der Waals surface area contributed by atoms with Crippen molar-refractivity contribution in [2.75, 3.05) is 0 Å². The van der Waals surface area contributed by atoms with Crippen LogP contribution in [0.25, 0.3) is 0 Å². The maximum atomic E-state index is 11.9. The van der Waals surface area contributed by atoms with Gasteiger partial charge in [-0.2, -0.15) is 0 Å². The first-order valence-corrected chi connectivity index (χ1v) is 6.11. The Morgan fingerprint density at radius 3 is 2.64 bits per heavy atom. The quantitative estimate of drug-likeness (QED) is 0.628. The summed E-state index contributed by atoms with van der Waals surface area (Å²) in [7, 11) is 0. The lowest BCUT2D eigenvalue weighted by Crippen LogP contribution is -2.58. The minimum absolute atomic E-state index is 0.0957. The Morgan fingerprint density at radius 2 is 1.93 bits per heavy atom. The van der Waals surface area contributed by atoms with Crippen LogP contribution in [0.5, 0.6) is 0 Å². The molecule has 0 aromatic rings. The maximum Gasteiger partial charge on any atom is 0.226 e. The summed E-state index contributed by atoms with van der Waals surface area (Å²) < 4.78 is 0. The number of carbonyl (C=O) groups excluding carboxylic acids is 1. The minimum Gasteiger partial charge on any atom is -0.353 e. The van der Waals surface area contributed by atoms with Crippen molar-refractivity contribution < 1.29 is 4.79 Å². The maximum absolute atomic E-state index is 11.9. The van der Waals surface area contributed by atoms with E-state index in [4.69, 9.17) is 0 Å². The van der Waals surface area contributed by atoms with Crippen LogP contribution >= 0.6 is 0 Å². The molecule has 2 heteroatoms. The van der Waals surface area contributed by atoms with Gasteiger partial charge in [0, 0.05) is 11.5 Å². The van der Waals surface area contributed by atoms with Crippen molar-refractivity contribution >= 4 is 5.91 Å². The second kappa shape index (κ2) is 2.98. The van der Waals surface area contributed by atoms with Gasteiger partial charge >= 0.3 is 0 Å². The Hall–Kier alpha value is -0.530. The summed E-state index contributed by atoms with van der Waals surface area (Å²) in [5.41, 5.74) is 0.0957. The lowest BCUT2D eigenvalue weighted by molar-refractivity contribution is -0.144. The number of amides is 1. The van der Waals surface area contributed by atoms with Gasteiger partial charge in [-0.3, -0.25) is 4.79 Å². The van der Waals surface area contributed by atoms with Crippen LogP contribution in [-0.4, -0.2) is 11.9 Å². The van der Waals surface area contributed by atoms with Gasteiger partial charge < -0.3 is 5.32 Å². The van der Waals surface area contributed by atoms with Gasteiger partial charge in [0.25, 0.3) is 0 Å². The number of hydrogen-bond acceptors (Lipinski definition) is 1. The normalized spacial score (nSPS) is 39.9. The highest BCUT2D eigenvalue weighted by molar-refractivity contribution is 5.84.